The van der Waals surface area contributed by atoms with E-state index in [1.807, 2.05) is 0 Å². The van der Waals surface area contributed by atoms with E-state index in [2.05, 4.69) is 15.4 Å². The second kappa shape index (κ2) is 7.54. The highest BCUT2D eigenvalue weighted by atomic mass is 35.5. The van der Waals surface area contributed by atoms with Gasteiger partial charge in [0.2, 0.25) is 0 Å². The van der Waals surface area contributed by atoms with Crippen molar-refractivity contribution in [2.24, 2.45) is 0 Å². The molecular formula is C15H11Cl2FN4O4. The van der Waals surface area contributed by atoms with E-state index in [-0.39, 0.29) is 28.8 Å². The second-order valence-electron chi connectivity index (χ2n) is 5.02. The number of nitrogens with zero attached hydrogens (tertiary/aromatic N) is 3. The van der Waals surface area contributed by atoms with Gasteiger partial charge >= 0.3 is 5.97 Å². The van der Waals surface area contributed by atoms with Crippen LogP contribution >= 0.6 is 24.0 Å². The average molecular weight is 401 g/mol. The van der Waals surface area contributed by atoms with Crippen LogP contribution in [0.1, 0.15) is 10.5 Å². The van der Waals surface area contributed by atoms with Crippen molar-refractivity contribution in [3.05, 3.63) is 47.1 Å². The minimum absolute atomic E-state index is 0. The lowest BCUT2D eigenvalue weighted by Gasteiger charge is -2.11. The Bertz CT molecular complexity index is 988. The summed E-state index contributed by atoms with van der Waals surface area (Å²) in [5, 5.41) is 25.0. The predicted octanol–water partition coefficient (Wildman–Crippen LogP) is 2.13. The van der Waals surface area contributed by atoms with Crippen LogP contribution in [0.15, 0.2) is 30.6 Å². The predicted molar refractivity (Wildman–Crippen MR) is 92.3 cm³/mol. The van der Waals surface area contributed by atoms with Crippen LogP contribution in [0.3, 0.4) is 0 Å². The molecule has 1 amide bonds. The van der Waals surface area contributed by atoms with E-state index < -0.39 is 30.0 Å². The minimum Gasteiger partial charge on any atom is -0.505 e. The second-order valence-corrected chi connectivity index (χ2v) is 5.46. The minimum atomic E-state index is -1.24. The van der Waals surface area contributed by atoms with Gasteiger partial charge in [0.25, 0.3) is 5.91 Å². The molecule has 0 spiro atoms. The van der Waals surface area contributed by atoms with Crippen molar-refractivity contribution < 1.29 is 24.2 Å². The van der Waals surface area contributed by atoms with Gasteiger partial charge in [0.1, 0.15) is 24.4 Å². The summed E-state index contributed by atoms with van der Waals surface area (Å²) in [5.41, 5.74) is 0.502. The van der Waals surface area contributed by atoms with Crippen LogP contribution in [0.2, 0.25) is 5.02 Å². The van der Waals surface area contributed by atoms with Gasteiger partial charge in [-0.05, 0) is 29.8 Å². The van der Waals surface area contributed by atoms with Crippen molar-refractivity contribution in [2.45, 2.75) is 0 Å². The third-order valence-corrected chi connectivity index (χ3v) is 3.53. The molecule has 3 N–H and O–H groups in total. The molecule has 0 radical (unpaired) electrons. The zero-order valence-corrected chi connectivity index (χ0v) is 14.4. The Labute approximate surface area is 156 Å². The maximum absolute atomic E-state index is 13.6. The van der Waals surface area contributed by atoms with Gasteiger partial charge < -0.3 is 15.5 Å². The number of rotatable bonds is 4. The first-order valence-corrected chi connectivity index (χ1v) is 7.27. The Morgan fingerprint density at radius 2 is 2.00 bits per heavy atom. The fraction of sp³-hybridized carbons (Fsp3) is 0.0667. The third-order valence-electron chi connectivity index (χ3n) is 3.31. The lowest BCUT2D eigenvalue weighted by Crippen LogP contribution is -2.31. The van der Waals surface area contributed by atoms with Crippen LogP contribution in [-0.2, 0) is 4.79 Å². The molecule has 11 heteroatoms. The van der Waals surface area contributed by atoms with Crippen LogP contribution in [0.4, 0.5) is 4.39 Å². The lowest BCUT2D eigenvalue weighted by atomic mass is 10.1. The Balaban J connectivity index is 0.00000243. The number of aromatic hydroxyl groups is 1. The summed E-state index contributed by atoms with van der Waals surface area (Å²) in [4.78, 5) is 26.7. The van der Waals surface area contributed by atoms with Crippen molar-refractivity contribution in [1.82, 2.24) is 19.9 Å². The van der Waals surface area contributed by atoms with Gasteiger partial charge in [-0.1, -0.05) is 11.6 Å². The molecule has 0 bridgehead atoms. The molecule has 0 atom stereocenters. The number of aromatic nitrogens is 3. The summed E-state index contributed by atoms with van der Waals surface area (Å²) in [6.07, 6.45) is 1.15. The molecule has 0 saturated heterocycles. The largest absolute Gasteiger partial charge is 0.505 e. The number of carbonyl (C=O) groups excluding carboxylic acids is 1. The van der Waals surface area contributed by atoms with Gasteiger partial charge in [-0.3, -0.25) is 9.59 Å². The highest BCUT2D eigenvalue weighted by Gasteiger charge is 2.21. The number of hydrogen-bond donors (Lipinski definition) is 3. The van der Waals surface area contributed by atoms with Crippen LogP contribution in [-0.4, -0.2) is 43.2 Å². The number of carboxylic acids is 1. The molecule has 0 aliphatic rings. The molecule has 26 heavy (non-hydrogen) atoms. The van der Waals surface area contributed by atoms with E-state index in [0.29, 0.717) is 11.1 Å². The molecule has 2 heterocycles. The van der Waals surface area contributed by atoms with Crippen molar-refractivity contribution in [3.63, 3.8) is 0 Å². The zero-order chi connectivity index (χ0) is 18.1. The number of fused-ring (bicyclic) bond motifs is 1. The quantitative estimate of drug-likeness (QED) is 0.617. The lowest BCUT2D eigenvalue weighted by molar-refractivity contribution is -0.135. The van der Waals surface area contributed by atoms with Crippen molar-refractivity contribution in [2.75, 3.05) is 6.54 Å². The summed E-state index contributed by atoms with van der Waals surface area (Å²) < 4.78 is 14.7. The van der Waals surface area contributed by atoms with E-state index in [1.54, 1.807) is 0 Å². The summed E-state index contributed by atoms with van der Waals surface area (Å²) in [6, 6.07) is 5.00. The molecular weight excluding hydrogens is 390 g/mol. The molecule has 136 valence electrons. The topological polar surface area (TPSA) is 117 Å². The maximum atomic E-state index is 13.6. The molecule has 0 saturated carbocycles. The van der Waals surface area contributed by atoms with Gasteiger partial charge in [-0.25, -0.2) is 13.9 Å². The first kappa shape index (κ1) is 19.4. The molecule has 0 aliphatic carbocycles. The van der Waals surface area contributed by atoms with Crippen molar-refractivity contribution in [1.29, 1.82) is 0 Å². The Hall–Kier alpha value is -2.91. The van der Waals surface area contributed by atoms with Crippen molar-refractivity contribution >= 4 is 41.5 Å². The van der Waals surface area contributed by atoms with E-state index in [4.69, 9.17) is 16.7 Å². The van der Waals surface area contributed by atoms with Crippen LogP contribution in [0, 0.1) is 5.82 Å². The first-order chi connectivity index (χ1) is 11.9. The van der Waals surface area contributed by atoms with Crippen LogP contribution in [0.25, 0.3) is 16.8 Å². The summed E-state index contributed by atoms with van der Waals surface area (Å²) in [6.45, 7) is -0.629. The molecule has 1 aromatic carbocycles. The monoisotopic (exact) mass is 400 g/mol. The number of amides is 1. The summed E-state index contributed by atoms with van der Waals surface area (Å²) in [7, 11) is 0. The number of carboxylic acid groups (broad SMARTS) is 1. The van der Waals surface area contributed by atoms with Gasteiger partial charge in [-0.15, -0.1) is 12.4 Å². The number of nitrogens with one attached hydrogen (secondary N) is 1. The number of benzene rings is 1. The van der Waals surface area contributed by atoms with E-state index in [9.17, 15) is 19.1 Å². The summed E-state index contributed by atoms with van der Waals surface area (Å²) >= 11 is 5.85. The average Bonchev–Trinajstić information content (AvgIpc) is 2.99. The zero-order valence-electron chi connectivity index (χ0n) is 12.8. The highest BCUT2D eigenvalue weighted by Crippen LogP contribution is 2.32. The smallest absolute Gasteiger partial charge is 0.322 e. The number of hydrogen-bond acceptors (Lipinski definition) is 5. The highest BCUT2D eigenvalue weighted by molar-refractivity contribution is 6.30. The number of pyridine rings is 1. The Morgan fingerprint density at radius 3 is 2.65 bits per heavy atom. The molecule has 0 aliphatic heterocycles. The summed E-state index contributed by atoms with van der Waals surface area (Å²) in [5.74, 6) is -3.15. The van der Waals surface area contributed by atoms with Gasteiger partial charge in [0.15, 0.2) is 11.3 Å². The van der Waals surface area contributed by atoms with Crippen molar-refractivity contribution in [3.8, 4) is 16.9 Å². The SMILES string of the molecule is Cl.O=C(O)CNC(=O)c1c(O)cc(-c2cc(F)cc(Cl)c2)c2ncnn12. The number of carbonyl (C=O) groups is 2. The molecule has 8 nitrogen and oxygen atoms in total. The van der Waals surface area contributed by atoms with E-state index in [0.717, 1.165) is 16.9 Å². The van der Waals surface area contributed by atoms with Gasteiger partial charge in [0.05, 0.1) is 0 Å². The number of aliphatic carboxylic acids is 1. The fourth-order valence-corrected chi connectivity index (χ4v) is 2.56. The van der Waals surface area contributed by atoms with E-state index >= 15 is 0 Å². The third kappa shape index (κ3) is 3.68. The standard InChI is InChI=1S/C15H10ClFN4O4.ClH/c16-8-1-7(2-9(17)3-8)10-4-11(22)13(15(25)18-5-12(23)24)21-14(10)19-6-20-21;/h1-4,6,22H,5H2,(H,18,25)(H,23,24);1H. The molecule has 3 aromatic rings. The normalized spacial score (nSPS) is 10.4. The Kier molecular flexibility index (Phi) is 5.63. The molecule has 0 fully saturated rings. The fourth-order valence-electron chi connectivity index (χ4n) is 2.34. The van der Waals surface area contributed by atoms with Crippen LogP contribution < -0.4 is 5.32 Å². The van der Waals surface area contributed by atoms with Gasteiger partial charge in [0, 0.05) is 10.6 Å². The first-order valence-electron chi connectivity index (χ1n) is 6.89. The molecule has 2 aromatic heterocycles. The molecule has 3 rings (SSSR count). The van der Waals surface area contributed by atoms with Crippen LogP contribution in [0.5, 0.6) is 5.75 Å². The van der Waals surface area contributed by atoms with E-state index in [1.165, 1.54) is 18.2 Å². The maximum Gasteiger partial charge on any atom is 0.322 e. The number of halogens is 3. The molecule has 0 unspecified atom stereocenters. The van der Waals surface area contributed by atoms with Gasteiger partial charge in [-0.2, -0.15) is 5.10 Å². The Morgan fingerprint density at radius 1 is 1.27 bits per heavy atom.